The molecule has 0 spiro atoms. The van der Waals surface area contributed by atoms with E-state index >= 15 is 0 Å². The Morgan fingerprint density at radius 1 is 1.23 bits per heavy atom. The maximum atomic E-state index is 12.2. The van der Waals surface area contributed by atoms with E-state index in [9.17, 15) is 9.59 Å². The predicted molar refractivity (Wildman–Crippen MR) is 80.7 cm³/mol. The first-order chi connectivity index (χ1) is 10.5. The lowest BCUT2D eigenvalue weighted by molar-refractivity contribution is 0.0696. The number of pyridine rings is 2. The second-order valence-corrected chi connectivity index (χ2v) is 4.89. The van der Waals surface area contributed by atoms with Crippen LogP contribution < -0.4 is 5.32 Å². The van der Waals surface area contributed by atoms with Crippen LogP contribution in [0, 0.1) is 0 Å². The predicted octanol–water partition coefficient (Wildman–Crippen LogP) is 2.23. The zero-order valence-corrected chi connectivity index (χ0v) is 12.4. The lowest BCUT2D eigenvalue weighted by Crippen LogP contribution is -2.27. The molecule has 1 amide bonds. The van der Waals surface area contributed by atoms with E-state index in [4.69, 9.17) is 5.11 Å². The van der Waals surface area contributed by atoms with Crippen molar-refractivity contribution in [1.82, 2.24) is 15.3 Å². The molecule has 0 aliphatic carbocycles. The van der Waals surface area contributed by atoms with Gasteiger partial charge in [0.1, 0.15) is 0 Å². The van der Waals surface area contributed by atoms with Gasteiger partial charge in [-0.1, -0.05) is 6.92 Å². The second-order valence-electron chi connectivity index (χ2n) is 4.89. The molecule has 6 heteroatoms. The molecular weight excluding hydrogens is 282 g/mol. The zero-order chi connectivity index (χ0) is 16.1. The van der Waals surface area contributed by atoms with Crippen LogP contribution in [0.1, 0.15) is 51.7 Å². The van der Waals surface area contributed by atoms with Crippen molar-refractivity contribution in [3.8, 4) is 0 Å². The smallest absolute Gasteiger partial charge is 0.337 e. The molecule has 0 radical (unpaired) electrons. The fraction of sp³-hybridized carbons (Fsp3) is 0.250. The number of hydrogen-bond acceptors (Lipinski definition) is 4. The maximum Gasteiger partial charge on any atom is 0.337 e. The Balaban J connectivity index is 2.18. The standard InChI is InChI=1S/C16H17N3O3/c1-3-11-7-17-5-4-14(11)10(2)19-15(20)12-6-13(16(21)22)9-18-8-12/h4-10H,3H2,1-2H3,(H,19,20)(H,21,22). The molecule has 2 aromatic heterocycles. The fourth-order valence-electron chi connectivity index (χ4n) is 2.19. The third-order valence-corrected chi connectivity index (χ3v) is 3.38. The van der Waals surface area contributed by atoms with Crippen molar-refractivity contribution in [3.05, 3.63) is 59.2 Å². The number of carboxylic acids is 1. The van der Waals surface area contributed by atoms with Crippen LogP contribution in [0.2, 0.25) is 0 Å². The quantitative estimate of drug-likeness (QED) is 0.883. The van der Waals surface area contributed by atoms with Crippen molar-refractivity contribution in [1.29, 1.82) is 0 Å². The lowest BCUT2D eigenvalue weighted by atomic mass is 10.0. The molecular formula is C16H17N3O3. The Morgan fingerprint density at radius 2 is 1.95 bits per heavy atom. The van der Waals surface area contributed by atoms with Crippen LogP contribution in [0.5, 0.6) is 0 Å². The zero-order valence-electron chi connectivity index (χ0n) is 12.4. The summed E-state index contributed by atoms with van der Waals surface area (Å²) in [6, 6.07) is 2.97. The number of hydrogen-bond donors (Lipinski definition) is 2. The number of carboxylic acid groups (broad SMARTS) is 1. The van der Waals surface area contributed by atoms with Crippen molar-refractivity contribution >= 4 is 11.9 Å². The highest BCUT2D eigenvalue weighted by molar-refractivity contribution is 5.97. The molecule has 2 rings (SSSR count). The first-order valence-corrected chi connectivity index (χ1v) is 6.95. The summed E-state index contributed by atoms with van der Waals surface area (Å²) in [5.41, 5.74) is 2.26. The molecule has 2 N–H and O–H groups in total. The molecule has 0 saturated heterocycles. The summed E-state index contributed by atoms with van der Waals surface area (Å²) in [7, 11) is 0. The van der Waals surface area contributed by atoms with Crippen molar-refractivity contribution in [2.24, 2.45) is 0 Å². The largest absolute Gasteiger partial charge is 0.478 e. The summed E-state index contributed by atoms with van der Waals surface area (Å²) in [4.78, 5) is 31.0. The summed E-state index contributed by atoms with van der Waals surface area (Å²) < 4.78 is 0. The third kappa shape index (κ3) is 3.46. The van der Waals surface area contributed by atoms with Gasteiger partial charge in [-0.25, -0.2) is 4.79 Å². The number of aromatic nitrogens is 2. The highest BCUT2D eigenvalue weighted by Crippen LogP contribution is 2.17. The molecule has 22 heavy (non-hydrogen) atoms. The number of rotatable bonds is 5. The third-order valence-electron chi connectivity index (χ3n) is 3.38. The number of amides is 1. The van der Waals surface area contributed by atoms with Crippen LogP contribution in [0.4, 0.5) is 0 Å². The van der Waals surface area contributed by atoms with E-state index in [1.165, 1.54) is 18.5 Å². The Bertz CT molecular complexity index is 701. The number of carbonyl (C=O) groups excluding carboxylic acids is 1. The SMILES string of the molecule is CCc1cnccc1C(C)NC(=O)c1cncc(C(=O)O)c1. The molecule has 0 fully saturated rings. The van der Waals surface area contributed by atoms with Crippen molar-refractivity contribution in [2.75, 3.05) is 0 Å². The van der Waals surface area contributed by atoms with E-state index in [2.05, 4.69) is 15.3 Å². The topological polar surface area (TPSA) is 92.2 Å². The Hall–Kier alpha value is -2.76. The van der Waals surface area contributed by atoms with Gasteiger partial charge in [0.05, 0.1) is 17.2 Å². The van der Waals surface area contributed by atoms with Crippen LogP contribution >= 0.6 is 0 Å². The Kier molecular flexibility index (Phi) is 4.83. The van der Waals surface area contributed by atoms with Gasteiger partial charge < -0.3 is 10.4 Å². The summed E-state index contributed by atoms with van der Waals surface area (Å²) in [5.74, 6) is -1.47. The molecule has 0 aliphatic heterocycles. The number of nitrogens with one attached hydrogen (secondary N) is 1. The van der Waals surface area contributed by atoms with Crippen LogP contribution in [-0.2, 0) is 6.42 Å². The fourth-order valence-corrected chi connectivity index (χ4v) is 2.19. The number of nitrogens with zero attached hydrogens (tertiary/aromatic N) is 2. The Labute approximate surface area is 128 Å². The van der Waals surface area contributed by atoms with Crippen molar-refractivity contribution in [2.45, 2.75) is 26.3 Å². The van der Waals surface area contributed by atoms with Crippen molar-refractivity contribution < 1.29 is 14.7 Å². The molecule has 1 unspecified atom stereocenters. The average molecular weight is 299 g/mol. The maximum absolute atomic E-state index is 12.2. The Morgan fingerprint density at radius 3 is 2.64 bits per heavy atom. The first kappa shape index (κ1) is 15.6. The average Bonchev–Trinajstić information content (AvgIpc) is 2.54. The summed E-state index contributed by atoms with van der Waals surface area (Å²) >= 11 is 0. The van der Waals surface area contributed by atoms with E-state index in [0.717, 1.165) is 17.5 Å². The summed E-state index contributed by atoms with van der Waals surface area (Å²) in [5, 5.41) is 11.8. The molecule has 2 heterocycles. The van der Waals surface area contributed by atoms with Gasteiger partial charge in [-0.3, -0.25) is 14.8 Å². The van der Waals surface area contributed by atoms with Gasteiger partial charge in [-0.15, -0.1) is 0 Å². The van der Waals surface area contributed by atoms with E-state index in [0.29, 0.717) is 0 Å². The molecule has 2 aromatic rings. The molecule has 0 aromatic carbocycles. The van der Waals surface area contributed by atoms with Crippen LogP contribution in [0.3, 0.4) is 0 Å². The second kappa shape index (κ2) is 6.80. The summed E-state index contributed by atoms with van der Waals surface area (Å²) in [6.07, 6.45) is 6.84. The number of aryl methyl sites for hydroxylation is 1. The normalized spacial score (nSPS) is 11.7. The van der Waals surface area contributed by atoms with Crippen LogP contribution in [0.15, 0.2) is 36.9 Å². The molecule has 6 nitrogen and oxygen atoms in total. The molecule has 0 bridgehead atoms. The molecule has 0 aliphatic rings. The molecule has 1 atom stereocenters. The summed E-state index contributed by atoms with van der Waals surface area (Å²) in [6.45, 7) is 3.90. The molecule has 0 saturated carbocycles. The van der Waals surface area contributed by atoms with Crippen molar-refractivity contribution in [3.63, 3.8) is 0 Å². The number of carbonyl (C=O) groups is 2. The van der Waals surface area contributed by atoms with Gasteiger partial charge in [-0.2, -0.15) is 0 Å². The van der Waals surface area contributed by atoms with E-state index in [-0.39, 0.29) is 23.1 Å². The highest BCUT2D eigenvalue weighted by Gasteiger charge is 2.15. The van der Waals surface area contributed by atoms with Crippen LogP contribution in [0.25, 0.3) is 0 Å². The van der Waals surface area contributed by atoms with E-state index in [1.54, 1.807) is 12.4 Å². The number of aromatic carboxylic acids is 1. The van der Waals surface area contributed by atoms with Gasteiger partial charge in [0.2, 0.25) is 0 Å². The van der Waals surface area contributed by atoms with E-state index in [1.807, 2.05) is 19.9 Å². The minimum Gasteiger partial charge on any atom is -0.478 e. The minimum absolute atomic E-state index is 0.0153. The highest BCUT2D eigenvalue weighted by atomic mass is 16.4. The van der Waals surface area contributed by atoms with E-state index < -0.39 is 5.97 Å². The monoisotopic (exact) mass is 299 g/mol. The van der Waals surface area contributed by atoms with Gasteiger partial charge in [0.25, 0.3) is 5.91 Å². The minimum atomic E-state index is -1.11. The van der Waals surface area contributed by atoms with Gasteiger partial charge in [0, 0.05) is 24.8 Å². The van der Waals surface area contributed by atoms with Gasteiger partial charge in [-0.05, 0) is 36.6 Å². The first-order valence-electron chi connectivity index (χ1n) is 6.95. The van der Waals surface area contributed by atoms with Gasteiger partial charge >= 0.3 is 5.97 Å². The lowest BCUT2D eigenvalue weighted by Gasteiger charge is -2.17. The molecule has 114 valence electrons. The van der Waals surface area contributed by atoms with Gasteiger partial charge in [0.15, 0.2) is 0 Å². The van der Waals surface area contributed by atoms with Crippen LogP contribution in [-0.4, -0.2) is 27.0 Å².